The van der Waals surface area contributed by atoms with Crippen molar-refractivity contribution in [3.8, 4) is 5.75 Å². The molecule has 0 saturated carbocycles. The number of rotatable bonds is 8. The number of carbonyl (C=O) groups excluding carboxylic acids is 3. The third-order valence-corrected chi connectivity index (χ3v) is 4.72. The van der Waals surface area contributed by atoms with E-state index in [0.717, 1.165) is 0 Å². The molecule has 1 atom stereocenters. The molecule has 8 heteroatoms. The lowest BCUT2D eigenvalue weighted by molar-refractivity contribution is -0.162. The van der Waals surface area contributed by atoms with Crippen LogP contribution in [0.1, 0.15) is 28.9 Å². The molecule has 8 nitrogen and oxygen atoms in total. The molecule has 1 unspecified atom stereocenters. The molecule has 0 aliphatic carbocycles. The van der Waals surface area contributed by atoms with Crippen LogP contribution in [0.5, 0.6) is 5.75 Å². The molecule has 1 heterocycles. The minimum Gasteiger partial charge on any atom is -0.494 e. The minimum atomic E-state index is -1.07. The predicted molar refractivity (Wildman–Crippen MR) is 113 cm³/mol. The van der Waals surface area contributed by atoms with E-state index in [0.29, 0.717) is 49.8 Å². The molecule has 0 aromatic heterocycles. The highest BCUT2D eigenvalue weighted by molar-refractivity contribution is 5.96. The molecule has 31 heavy (non-hydrogen) atoms. The third-order valence-electron chi connectivity index (χ3n) is 4.72. The van der Waals surface area contributed by atoms with Gasteiger partial charge in [0.05, 0.1) is 19.8 Å². The van der Waals surface area contributed by atoms with Crippen LogP contribution < -0.4 is 10.1 Å². The zero-order valence-corrected chi connectivity index (χ0v) is 17.4. The number of hydrogen-bond acceptors (Lipinski definition) is 6. The normalized spacial score (nSPS) is 14.4. The van der Waals surface area contributed by atoms with Crippen LogP contribution in [0.3, 0.4) is 0 Å². The Hall–Kier alpha value is -3.39. The summed E-state index contributed by atoms with van der Waals surface area (Å²) in [5.41, 5.74) is 0.963. The molecule has 1 aliphatic rings. The highest BCUT2D eigenvalue weighted by Gasteiger charge is 2.30. The lowest BCUT2D eigenvalue weighted by Gasteiger charge is -2.30. The SMILES string of the molecule is CCOc1ccc(C(=O)NCC(=O)OC(C(=O)N2CCOCC2)c2ccccc2)cc1. The first-order chi connectivity index (χ1) is 15.1. The van der Waals surface area contributed by atoms with Gasteiger partial charge >= 0.3 is 5.97 Å². The molecule has 2 amide bonds. The third kappa shape index (κ3) is 6.29. The summed E-state index contributed by atoms with van der Waals surface area (Å²) in [6.45, 7) is 3.81. The molecule has 3 rings (SSSR count). The number of morpholine rings is 1. The van der Waals surface area contributed by atoms with E-state index >= 15 is 0 Å². The molecular formula is C23H26N2O6. The maximum Gasteiger partial charge on any atom is 0.326 e. The van der Waals surface area contributed by atoms with Gasteiger partial charge in [-0.2, -0.15) is 0 Å². The first kappa shape index (κ1) is 22.3. The summed E-state index contributed by atoms with van der Waals surface area (Å²) >= 11 is 0. The van der Waals surface area contributed by atoms with Crippen LogP contribution in [0.4, 0.5) is 0 Å². The van der Waals surface area contributed by atoms with E-state index in [1.165, 1.54) is 0 Å². The van der Waals surface area contributed by atoms with E-state index in [-0.39, 0.29) is 12.5 Å². The Morgan fingerprint density at radius 3 is 2.35 bits per heavy atom. The first-order valence-electron chi connectivity index (χ1n) is 10.2. The summed E-state index contributed by atoms with van der Waals surface area (Å²) in [6, 6.07) is 15.4. The lowest BCUT2D eigenvalue weighted by Crippen LogP contribution is -2.44. The summed E-state index contributed by atoms with van der Waals surface area (Å²) < 4.78 is 16.1. The Bertz CT molecular complexity index is 879. The Morgan fingerprint density at radius 2 is 1.71 bits per heavy atom. The Labute approximate surface area is 181 Å². The van der Waals surface area contributed by atoms with Crippen LogP contribution in [-0.4, -0.2) is 62.1 Å². The van der Waals surface area contributed by atoms with E-state index in [2.05, 4.69) is 5.32 Å². The molecule has 1 saturated heterocycles. The Balaban J connectivity index is 1.60. The number of esters is 1. The van der Waals surface area contributed by atoms with Gasteiger partial charge in [0.2, 0.25) is 6.10 Å². The summed E-state index contributed by atoms with van der Waals surface area (Å²) in [4.78, 5) is 39.3. The molecular weight excluding hydrogens is 400 g/mol. The number of amides is 2. The predicted octanol–water partition coefficient (Wildman–Crippen LogP) is 1.96. The van der Waals surface area contributed by atoms with Crippen molar-refractivity contribution in [2.45, 2.75) is 13.0 Å². The summed E-state index contributed by atoms with van der Waals surface area (Å²) in [7, 11) is 0. The second-order valence-electron chi connectivity index (χ2n) is 6.86. The van der Waals surface area contributed by atoms with Gasteiger partial charge in [-0.3, -0.25) is 14.4 Å². The minimum absolute atomic E-state index is 0.305. The number of ether oxygens (including phenoxy) is 3. The molecule has 2 aromatic carbocycles. The molecule has 1 fully saturated rings. The second kappa shape index (κ2) is 11.1. The van der Waals surface area contributed by atoms with Crippen molar-refractivity contribution in [1.29, 1.82) is 0 Å². The van der Waals surface area contributed by atoms with E-state index < -0.39 is 18.0 Å². The van der Waals surface area contributed by atoms with E-state index in [4.69, 9.17) is 14.2 Å². The maximum atomic E-state index is 13.0. The fourth-order valence-electron chi connectivity index (χ4n) is 3.14. The van der Waals surface area contributed by atoms with Crippen molar-refractivity contribution in [1.82, 2.24) is 10.2 Å². The number of hydrogen-bond donors (Lipinski definition) is 1. The van der Waals surface area contributed by atoms with Gasteiger partial charge < -0.3 is 24.4 Å². The van der Waals surface area contributed by atoms with Gasteiger partial charge in [0.25, 0.3) is 11.8 Å². The summed E-state index contributed by atoms with van der Waals surface area (Å²) in [6.07, 6.45) is -1.07. The monoisotopic (exact) mass is 426 g/mol. The molecule has 1 aliphatic heterocycles. The van der Waals surface area contributed by atoms with Crippen molar-refractivity contribution in [3.05, 3.63) is 65.7 Å². The van der Waals surface area contributed by atoms with Crippen molar-refractivity contribution >= 4 is 17.8 Å². The van der Waals surface area contributed by atoms with E-state index in [1.54, 1.807) is 53.4 Å². The molecule has 0 radical (unpaired) electrons. The topological polar surface area (TPSA) is 94.2 Å². The van der Waals surface area contributed by atoms with Gasteiger partial charge in [-0.25, -0.2) is 0 Å². The standard InChI is InChI=1S/C23H26N2O6/c1-2-30-19-10-8-18(9-11-19)22(27)24-16-20(26)31-21(17-6-4-3-5-7-17)23(28)25-12-14-29-15-13-25/h3-11,21H,2,12-16H2,1H3,(H,24,27). The van der Waals surface area contributed by atoms with Crippen LogP contribution in [0.15, 0.2) is 54.6 Å². The van der Waals surface area contributed by atoms with Gasteiger partial charge in [-0.1, -0.05) is 30.3 Å². The van der Waals surface area contributed by atoms with Gasteiger partial charge in [0.15, 0.2) is 0 Å². The van der Waals surface area contributed by atoms with Crippen LogP contribution >= 0.6 is 0 Å². The van der Waals surface area contributed by atoms with Crippen molar-refractivity contribution in [2.24, 2.45) is 0 Å². The van der Waals surface area contributed by atoms with E-state index in [9.17, 15) is 14.4 Å². The Morgan fingerprint density at radius 1 is 1.03 bits per heavy atom. The smallest absolute Gasteiger partial charge is 0.326 e. The highest BCUT2D eigenvalue weighted by atomic mass is 16.5. The molecule has 164 valence electrons. The van der Waals surface area contributed by atoms with Crippen molar-refractivity contribution in [3.63, 3.8) is 0 Å². The lowest BCUT2D eigenvalue weighted by atomic mass is 10.1. The number of carbonyl (C=O) groups is 3. The summed E-state index contributed by atoms with van der Waals surface area (Å²) in [5.74, 6) is -0.767. The zero-order valence-electron chi connectivity index (χ0n) is 17.4. The van der Waals surface area contributed by atoms with Crippen LogP contribution in [0.2, 0.25) is 0 Å². The van der Waals surface area contributed by atoms with Crippen molar-refractivity contribution < 1.29 is 28.6 Å². The van der Waals surface area contributed by atoms with Crippen LogP contribution in [-0.2, 0) is 19.1 Å². The average molecular weight is 426 g/mol. The molecule has 0 spiro atoms. The Kier molecular flexibility index (Phi) is 8.00. The van der Waals surface area contributed by atoms with Gasteiger partial charge in [-0.15, -0.1) is 0 Å². The largest absolute Gasteiger partial charge is 0.494 e. The zero-order chi connectivity index (χ0) is 22.1. The fourth-order valence-corrected chi connectivity index (χ4v) is 3.14. The molecule has 1 N–H and O–H groups in total. The van der Waals surface area contributed by atoms with Crippen LogP contribution in [0.25, 0.3) is 0 Å². The van der Waals surface area contributed by atoms with Gasteiger partial charge in [-0.05, 0) is 31.2 Å². The van der Waals surface area contributed by atoms with E-state index in [1.807, 2.05) is 13.0 Å². The first-order valence-corrected chi connectivity index (χ1v) is 10.2. The number of nitrogens with zero attached hydrogens (tertiary/aromatic N) is 1. The highest BCUT2D eigenvalue weighted by Crippen LogP contribution is 2.21. The number of benzene rings is 2. The quantitative estimate of drug-likeness (QED) is 0.649. The average Bonchev–Trinajstić information content (AvgIpc) is 2.82. The maximum absolute atomic E-state index is 13.0. The van der Waals surface area contributed by atoms with Crippen molar-refractivity contribution in [2.75, 3.05) is 39.5 Å². The fraction of sp³-hybridized carbons (Fsp3) is 0.348. The van der Waals surface area contributed by atoms with Crippen LogP contribution in [0, 0.1) is 0 Å². The van der Waals surface area contributed by atoms with Gasteiger partial charge in [0, 0.05) is 24.2 Å². The van der Waals surface area contributed by atoms with Gasteiger partial charge in [0.1, 0.15) is 12.3 Å². The summed E-state index contributed by atoms with van der Waals surface area (Å²) in [5, 5.41) is 2.53. The molecule has 0 bridgehead atoms. The molecule has 2 aromatic rings. The second-order valence-corrected chi connectivity index (χ2v) is 6.86. The number of nitrogens with one attached hydrogen (secondary N) is 1.